The minimum absolute atomic E-state index is 0.525. The second-order valence-electron chi connectivity index (χ2n) is 5.24. The molecule has 1 aliphatic rings. The van der Waals surface area contributed by atoms with Crippen molar-refractivity contribution < 1.29 is 4.42 Å². The summed E-state index contributed by atoms with van der Waals surface area (Å²) in [5.41, 5.74) is 3.66. The molecule has 0 N–H and O–H groups in total. The molecule has 0 saturated heterocycles. The van der Waals surface area contributed by atoms with E-state index in [9.17, 15) is 0 Å². The zero-order valence-electron chi connectivity index (χ0n) is 11.1. The Kier molecular flexibility index (Phi) is 2.25. The number of imidazole rings is 1. The number of rotatable bonds is 2. The molecule has 2 heterocycles. The number of furan rings is 1. The Balaban J connectivity index is 2.03. The molecule has 1 fully saturated rings. The van der Waals surface area contributed by atoms with Crippen LogP contribution in [0.3, 0.4) is 0 Å². The highest BCUT2D eigenvalue weighted by Gasteiger charge is 2.29. The summed E-state index contributed by atoms with van der Waals surface area (Å²) in [7, 11) is 0. The maximum atomic E-state index is 9.02. The van der Waals surface area contributed by atoms with Crippen LogP contribution in [0.25, 0.3) is 22.4 Å². The largest absolute Gasteiger partial charge is 0.469 e. The van der Waals surface area contributed by atoms with Gasteiger partial charge in [0.05, 0.1) is 34.5 Å². The van der Waals surface area contributed by atoms with Gasteiger partial charge in [-0.2, -0.15) is 5.26 Å². The van der Waals surface area contributed by atoms with Gasteiger partial charge in [0, 0.05) is 6.04 Å². The lowest BCUT2D eigenvalue weighted by molar-refractivity contribution is 0.534. The number of nitriles is 1. The first-order chi connectivity index (χ1) is 9.78. The summed E-state index contributed by atoms with van der Waals surface area (Å²) in [6, 6.07) is 10.4. The first-order valence-corrected chi connectivity index (χ1v) is 6.74. The Morgan fingerprint density at radius 1 is 1.35 bits per heavy atom. The van der Waals surface area contributed by atoms with Crippen molar-refractivity contribution in [2.75, 3.05) is 0 Å². The first kappa shape index (κ1) is 11.3. The summed E-state index contributed by atoms with van der Waals surface area (Å²) >= 11 is 0. The minimum Gasteiger partial charge on any atom is -0.469 e. The van der Waals surface area contributed by atoms with E-state index >= 15 is 0 Å². The first-order valence-electron chi connectivity index (χ1n) is 6.74. The molecule has 0 unspecified atom stereocenters. The highest BCUT2D eigenvalue weighted by atomic mass is 16.3. The smallest absolute Gasteiger partial charge is 0.144 e. The van der Waals surface area contributed by atoms with Crippen LogP contribution in [0.5, 0.6) is 0 Å². The summed E-state index contributed by atoms with van der Waals surface area (Å²) < 4.78 is 7.70. The van der Waals surface area contributed by atoms with Crippen LogP contribution in [0.1, 0.15) is 30.2 Å². The summed E-state index contributed by atoms with van der Waals surface area (Å²) in [4.78, 5) is 4.74. The molecule has 1 aromatic carbocycles. The lowest BCUT2D eigenvalue weighted by atomic mass is 10.2. The second kappa shape index (κ2) is 3.97. The van der Waals surface area contributed by atoms with Gasteiger partial charge in [0.2, 0.25) is 0 Å². The van der Waals surface area contributed by atoms with Gasteiger partial charge in [0.1, 0.15) is 11.6 Å². The number of aromatic nitrogens is 2. The van der Waals surface area contributed by atoms with Crippen molar-refractivity contribution in [3.05, 3.63) is 41.9 Å². The van der Waals surface area contributed by atoms with Crippen LogP contribution in [-0.4, -0.2) is 9.55 Å². The molecule has 0 atom stereocenters. The fourth-order valence-electron chi connectivity index (χ4n) is 2.68. The predicted octanol–water partition coefficient (Wildman–Crippen LogP) is 3.81. The molecule has 1 saturated carbocycles. The van der Waals surface area contributed by atoms with E-state index < -0.39 is 0 Å². The van der Waals surface area contributed by atoms with Gasteiger partial charge in [0.25, 0.3) is 0 Å². The van der Waals surface area contributed by atoms with Crippen molar-refractivity contribution >= 4 is 11.0 Å². The van der Waals surface area contributed by atoms with E-state index in [-0.39, 0.29) is 0 Å². The molecular weight excluding hydrogens is 250 g/mol. The molecule has 4 nitrogen and oxygen atoms in total. The van der Waals surface area contributed by atoms with E-state index in [4.69, 9.17) is 14.7 Å². The molecule has 4 rings (SSSR count). The van der Waals surface area contributed by atoms with Gasteiger partial charge < -0.3 is 8.98 Å². The molecule has 2 aromatic heterocycles. The van der Waals surface area contributed by atoms with Crippen molar-refractivity contribution in [2.45, 2.75) is 25.8 Å². The third-order valence-electron chi connectivity index (χ3n) is 3.83. The van der Waals surface area contributed by atoms with Crippen molar-refractivity contribution in [1.82, 2.24) is 9.55 Å². The monoisotopic (exact) mass is 263 g/mol. The minimum atomic E-state index is 0.525. The fraction of sp³-hybridized carbons (Fsp3) is 0.250. The van der Waals surface area contributed by atoms with Crippen molar-refractivity contribution in [1.29, 1.82) is 5.26 Å². The van der Waals surface area contributed by atoms with Crippen molar-refractivity contribution in [3.8, 4) is 17.5 Å². The summed E-state index contributed by atoms with van der Waals surface area (Å²) in [6.07, 6.45) is 4.08. The SMILES string of the molecule is Cc1occc1-c1nc2cc(C#N)ccc2n1C1CC1. The number of aryl methyl sites for hydroxylation is 1. The maximum Gasteiger partial charge on any atom is 0.144 e. The third-order valence-corrected chi connectivity index (χ3v) is 3.83. The fourth-order valence-corrected chi connectivity index (χ4v) is 2.68. The van der Waals surface area contributed by atoms with Gasteiger partial charge >= 0.3 is 0 Å². The van der Waals surface area contributed by atoms with Crippen LogP contribution < -0.4 is 0 Å². The Bertz CT molecular complexity index is 846. The second-order valence-corrected chi connectivity index (χ2v) is 5.24. The quantitative estimate of drug-likeness (QED) is 0.706. The predicted molar refractivity (Wildman–Crippen MR) is 75.2 cm³/mol. The molecule has 0 spiro atoms. The molecule has 0 aliphatic heterocycles. The number of fused-ring (bicyclic) bond motifs is 1. The Morgan fingerprint density at radius 2 is 2.20 bits per heavy atom. The highest BCUT2D eigenvalue weighted by molar-refractivity contribution is 5.82. The molecular formula is C16H13N3O. The average Bonchev–Trinajstić information content (AvgIpc) is 3.10. The van der Waals surface area contributed by atoms with E-state index in [0.29, 0.717) is 11.6 Å². The normalized spacial score (nSPS) is 14.6. The Labute approximate surface area is 116 Å². The van der Waals surface area contributed by atoms with Crippen LogP contribution >= 0.6 is 0 Å². The van der Waals surface area contributed by atoms with E-state index in [1.807, 2.05) is 31.2 Å². The standard InChI is InChI=1S/C16H13N3O/c1-10-13(6-7-20-10)16-18-14-8-11(9-17)2-5-15(14)19(16)12-3-4-12/h2,5-8,12H,3-4H2,1H3. The maximum absolute atomic E-state index is 9.02. The van der Waals surface area contributed by atoms with Gasteiger partial charge in [-0.1, -0.05) is 0 Å². The van der Waals surface area contributed by atoms with E-state index in [0.717, 1.165) is 28.2 Å². The van der Waals surface area contributed by atoms with Crippen LogP contribution in [0, 0.1) is 18.3 Å². The number of hydrogen-bond donors (Lipinski definition) is 0. The molecule has 0 amide bonds. The van der Waals surface area contributed by atoms with Gasteiger partial charge in [-0.25, -0.2) is 4.98 Å². The summed E-state index contributed by atoms with van der Waals surface area (Å²) in [6.45, 7) is 1.95. The van der Waals surface area contributed by atoms with Gasteiger partial charge in [-0.05, 0) is 44.0 Å². The summed E-state index contributed by atoms with van der Waals surface area (Å²) in [5, 5.41) is 9.02. The van der Waals surface area contributed by atoms with E-state index in [2.05, 4.69) is 10.6 Å². The lowest BCUT2D eigenvalue weighted by Gasteiger charge is -2.06. The van der Waals surface area contributed by atoms with Gasteiger partial charge in [-0.3, -0.25) is 0 Å². The number of benzene rings is 1. The van der Waals surface area contributed by atoms with Crippen molar-refractivity contribution in [2.24, 2.45) is 0 Å². The molecule has 0 bridgehead atoms. The average molecular weight is 263 g/mol. The topological polar surface area (TPSA) is 54.8 Å². The number of hydrogen-bond acceptors (Lipinski definition) is 3. The number of nitrogens with zero attached hydrogens (tertiary/aromatic N) is 3. The highest BCUT2D eigenvalue weighted by Crippen LogP contribution is 2.41. The van der Waals surface area contributed by atoms with Gasteiger partial charge in [0.15, 0.2) is 0 Å². The van der Waals surface area contributed by atoms with Crippen LogP contribution in [0.2, 0.25) is 0 Å². The Hall–Kier alpha value is -2.54. The van der Waals surface area contributed by atoms with Crippen molar-refractivity contribution in [3.63, 3.8) is 0 Å². The molecule has 3 aromatic rings. The summed E-state index contributed by atoms with van der Waals surface area (Å²) in [5.74, 6) is 1.83. The lowest BCUT2D eigenvalue weighted by Crippen LogP contribution is -1.97. The van der Waals surface area contributed by atoms with Crippen LogP contribution in [0.4, 0.5) is 0 Å². The van der Waals surface area contributed by atoms with Gasteiger partial charge in [-0.15, -0.1) is 0 Å². The molecule has 20 heavy (non-hydrogen) atoms. The van der Waals surface area contributed by atoms with Crippen LogP contribution in [0.15, 0.2) is 34.9 Å². The zero-order valence-corrected chi connectivity index (χ0v) is 11.1. The molecule has 0 radical (unpaired) electrons. The van der Waals surface area contributed by atoms with E-state index in [1.54, 1.807) is 6.26 Å². The van der Waals surface area contributed by atoms with E-state index in [1.165, 1.54) is 12.8 Å². The molecule has 1 aliphatic carbocycles. The molecule has 98 valence electrons. The zero-order chi connectivity index (χ0) is 13.7. The Morgan fingerprint density at radius 3 is 2.85 bits per heavy atom. The third kappa shape index (κ3) is 1.56. The van der Waals surface area contributed by atoms with Crippen LogP contribution in [-0.2, 0) is 0 Å². The molecule has 4 heteroatoms.